The molecule has 17 heavy (non-hydrogen) atoms. The average molecular weight is 255 g/mol. The van der Waals surface area contributed by atoms with Crippen LogP contribution in [0.5, 0.6) is 0 Å². The lowest BCUT2D eigenvalue weighted by Gasteiger charge is -2.18. The number of hydrogen-bond acceptors (Lipinski definition) is 7. The van der Waals surface area contributed by atoms with E-state index < -0.39 is 6.10 Å². The highest BCUT2D eigenvalue weighted by Gasteiger charge is 2.22. The van der Waals surface area contributed by atoms with Gasteiger partial charge in [-0.05, 0) is 0 Å². The molecule has 0 spiro atoms. The minimum Gasteiger partial charge on any atom is -0.392 e. The van der Waals surface area contributed by atoms with Gasteiger partial charge in [-0.3, -0.25) is 0 Å². The largest absolute Gasteiger partial charge is 0.392 e. The first-order valence-electron chi connectivity index (χ1n) is 5.36. The molecule has 2 atom stereocenters. The molecule has 1 fully saturated rings. The number of nitriles is 1. The van der Waals surface area contributed by atoms with Crippen molar-refractivity contribution in [2.75, 3.05) is 18.1 Å². The predicted octanol–water partition coefficient (Wildman–Crippen LogP) is 0.691. The van der Waals surface area contributed by atoms with E-state index in [2.05, 4.69) is 10.1 Å². The number of rotatable bonds is 4. The Morgan fingerprint density at radius 1 is 1.65 bits per heavy atom. The molecule has 0 amide bonds. The summed E-state index contributed by atoms with van der Waals surface area (Å²) in [6, 6.07) is 1.89. The zero-order valence-electron chi connectivity index (χ0n) is 9.20. The average Bonchev–Trinajstić information content (AvgIpc) is 2.79. The molecule has 0 bridgehead atoms. The van der Waals surface area contributed by atoms with Gasteiger partial charge >= 0.3 is 0 Å². The summed E-state index contributed by atoms with van der Waals surface area (Å²) in [5, 5.41) is 21.7. The van der Waals surface area contributed by atoms with Gasteiger partial charge in [-0.25, -0.2) is 0 Å². The summed E-state index contributed by atoms with van der Waals surface area (Å²) in [5.74, 6) is 2.68. The van der Waals surface area contributed by atoms with Crippen molar-refractivity contribution in [3.63, 3.8) is 0 Å². The molecule has 92 valence electrons. The summed E-state index contributed by atoms with van der Waals surface area (Å²) in [6.07, 6.45) is -0.609. The van der Waals surface area contributed by atoms with Crippen LogP contribution in [0.15, 0.2) is 4.52 Å². The van der Waals surface area contributed by atoms with Crippen LogP contribution in [0.4, 0.5) is 0 Å². The van der Waals surface area contributed by atoms with E-state index in [0.717, 1.165) is 11.5 Å². The fraction of sp³-hybridized carbons (Fsp3) is 0.700. The van der Waals surface area contributed by atoms with Crippen LogP contribution < -0.4 is 0 Å². The Hall–Kier alpha value is -1.10. The number of aliphatic hydroxyl groups excluding tert-OH is 1. The van der Waals surface area contributed by atoms with E-state index in [1.54, 1.807) is 11.8 Å². The van der Waals surface area contributed by atoms with Gasteiger partial charge in [-0.1, -0.05) is 5.16 Å². The second-order valence-corrected chi connectivity index (χ2v) is 4.85. The Balaban J connectivity index is 1.93. The molecular formula is C10H13N3O3S. The Bertz CT molecular complexity index is 398. The molecule has 0 radical (unpaired) electrons. The maximum absolute atomic E-state index is 9.44. The van der Waals surface area contributed by atoms with Crippen molar-refractivity contribution in [1.29, 1.82) is 5.26 Å². The quantitative estimate of drug-likeness (QED) is 0.846. The van der Waals surface area contributed by atoms with E-state index in [9.17, 15) is 5.11 Å². The first-order valence-corrected chi connectivity index (χ1v) is 6.52. The van der Waals surface area contributed by atoms with E-state index in [0.29, 0.717) is 18.3 Å². The predicted molar refractivity (Wildman–Crippen MR) is 60.3 cm³/mol. The topological polar surface area (TPSA) is 92.2 Å². The van der Waals surface area contributed by atoms with E-state index >= 15 is 0 Å². The van der Waals surface area contributed by atoms with Gasteiger partial charge in [0, 0.05) is 11.5 Å². The molecule has 7 heteroatoms. The lowest BCUT2D eigenvalue weighted by molar-refractivity contribution is 0.0677. The minimum atomic E-state index is -0.755. The standard InChI is InChI=1S/C10H13N3O3S/c11-2-1-7(14)5-9-12-10(13-16-9)8-6-17-4-3-15-8/h7-8,14H,1,3-6H2. The van der Waals surface area contributed by atoms with Crippen LogP contribution in [0.2, 0.25) is 0 Å². The van der Waals surface area contributed by atoms with Crippen LogP contribution in [-0.4, -0.2) is 39.5 Å². The zero-order valence-corrected chi connectivity index (χ0v) is 10.0. The minimum absolute atomic E-state index is 0.0630. The maximum atomic E-state index is 9.44. The van der Waals surface area contributed by atoms with E-state index in [4.69, 9.17) is 14.5 Å². The van der Waals surface area contributed by atoms with Crippen LogP contribution in [0.3, 0.4) is 0 Å². The Kier molecular flexibility index (Phi) is 4.36. The highest BCUT2D eigenvalue weighted by molar-refractivity contribution is 7.99. The number of ether oxygens (including phenoxy) is 1. The monoisotopic (exact) mass is 255 g/mol. The van der Waals surface area contributed by atoms with Crippen molar-refractivity contribution in [2.24, 2.45) is 0 Å². The molecule has 2 unspecified atom stereocenters. The van der Waals surface area contributed by atoms with Crippen molar-refractivity contribution in [2.45, 2.75) is 25.0 Å². The van der Waals surface area contributed by atoms with Crippen LogP contribution in [0.1, 0.15) is 24.2 Å². The first kappa shape index (κ1) is 12.4. The van der Waals surface area contributed by atoms with Crippen molar-refractivity contribution >= 4 is 11.8 Å². The number of aliphatic hydroxyl groups is 1. The lowest BCUT2D eigenvalue weighted by atomic mass is 10.2. The second-order valence-electron chi connectivity index (χ2n) is 3.70. The fourth-order valence-corrected chi connectivity index (χ4v) is 2.34. The van der Waals surface area contributed by atoms with E-state index in [-0.39, 0.29) is 18.9 Å². The highest BCUT2D eigenvalue weighted by Crippen LogP contribution is 2.24. The number of hydrogen-bond donors (Lipinski definition) is 1. The Morgan fingerprint density at radius 2 is 2.53 bits per heavy atom. The molecule has 0 aliphatic carbocycles. The molecule has 0 saturated carbocycles. The normalized spacial score (nSPS) is 22.0. The van der Waals surface area contributed by atoms with Gasteiger partial charge in [0.25, 0.3) is 0 Å². The molecule has 6 nitrogen and oxygen atoms in total. The van der Waals surface area contributed by atoms with Crippen LogP contribution in [-0.2, 0) is 11.2 Å². The van der Waals surface area contributed by atoms with E-state index in [1.165, 1.54) is 0 Å². The van der Waals surface area contributed by atoms with E-state index in [1.807, 2.05) is 6.07 Å². The van der Waals surface area contributed by atoms with Crippen LogP contribution >= 0.6 is 11.8 Å². The van der Waals surface area contributed by atoms with Crippen molar-refractivity contribution < 1.29 is 14.4 Å². The summed E-state index contributed by atoms with van der Waals surface area (Å²) in [4.78, 5) is 4.17. The summed E-state index contributed by atoms with van der Waals surface area (Å²) in [7, 11) is 0. The van der Waals surface area contributed by atoms with Crippen molar-refractivity contribution in [3.05, 3.63) is 11.7 Å². The fourth-order valence-electron chi connectivity index (χ4n) is 1.50. The molecule has 1 aliphatic rings. The Morgan fingerprint density at radius 3 is 3.24 bits per heavy atom. The molecule has 2 heterocycles. The van der Waals surface area contributed by atoms with Crippen LogP contribution in [0.25, 0.3) is 0 Å². The third-order valence-electron chi connectivity index (χ3n) is 2.32. The number of aromatic nitrogens is 2. The number of nitrogens with zero attached hydrogens (tertiary/aromatic N) is 3. The highest BCUT2D eigenvalue weighted by atomic mass is 32.2. The molecule has 0 aromatic carbocycles. The smallest absolute Gasteiger partial charge is 0.229 e. The molecule has 1 saturated heterocycles. The maximum Gasteiger partial charge on any atom is 0.229 e. The molecular weight excluding hydrogens is 242 g/mol. The summed E-state index contributed by atoms with van der Waals surface area (Å²) >= 11 is 1.79. The molecule has 1 aromatic heterocycles. The van der Waals surface area contributed by atoms with Gasteiger partial charge in [0.05, 0.1) is 31.6 Å². The third-order valence-corrected chi connectivity index (χ3v) is 3.32. The molecule has 1 aliphatic heterocycles. The molecule has 1 aromatic rings. The third kappa shape index (κ3) is 3.43. The summed E-state index contributed by atoms with van der Waals surface area (Å²) < 4.78 is 10.5. The molecule has 1 N–H and O–H groups in total. The van der Waals surface area contributed by atoms with Gasteiger partial charge in [-0.2, -0.15) is 22.0 Å². The van der Waals surface area contributed by atoms with Gasteiger partial charge in [0.2, 0.25) is 11.7 Å². The van der Waals surface area contributed by atoms with Gasteiger partial charge in [-0.15, -0.1) is 0 Å². The second kappa shape index (κ2) is 6.00. The zero-order chi connectivity index (χ0) is 12.1. The first-order chi connectivity index (χ1) is 8.29. The van der Waals surface area contributed by atoms with Gasteiger partial charge in [0.15, 0.2) is 0 Å². The Labute approximate surface area is 103 Å². The molecule has 2 rings (SSSR count). The lowest BCUT2D eigenvalue weighted by Crippen LogP contribution is -2.17. The van der Waals surface area contributed by atoms with Crippen molar-refractivity contribution in [3.8, 4) is 6.07 Å². The van der Waals surface area contributed by atoms with Crippen LogP contribution in [0, 0.1) is 11.3 Å². The van der Waals surface area contributed by atoms with Crippen molar-refractivity contribution in [1.82, 2.24) is 10.1 Å². The SMILES string of the molecule is N#CCC(O)Cc1nc(C2CSCCO2)no1. The van der Waals surface area contributed by atoms with Gasteiger partial charge < -0.3 is 14.4 Å². The summed E-state index contributed by atoms with van der Waals surface area (Å²) in [6.45, 7) is 0.691. The summed E-state index contributed by atoms with van der Waals surface area (Å²) in [5.41, 5.74) is 0. The number of thioether (sulfide) groups is 1. The van der Waals surface area contributed by atoms with Gasteiger partial charge in [0.1, 0.15) is 6.10 Å².